The van der Waals surface area contributed by atoms with Crippen LogP contribution >= 0.6 is 23.2 Å². The first kappa shape index (κ1) is 19.6. The molecular weight excluding hydrogens is 400 g/mol. The van der Waals surface area contributed by atoms with Crippen molar-refractivity contribution < 1.29 is 9.18 Å². The Labute approximate surface area is 173 Å². The van der Waals surface area contributed by atoms with E-state index in [0.29, 0.717) is 28.5 Å². The Balaban J connectivity index is 1.94. The molecular formula is C21H22Cl2FN3O. The molecule has 7 heteroatoms. The van der Waals surface area contributed by atoms with Crippen LogP contribution in [0.2, 0.25) is 10.0 Å². The summed E-state index contributed by atoms with van der Waals surface area (Å²) in [5, 5.41) is 6.92. The van der Waals surface area contributed by atoms with Crippen molar-refractivity contribution in [3.8, 4) is 0 Å². The van der Waals surface area contributed by atoms with E-state index in [0.717, 1.165) is 6.42 Å². The summed E-state index contributed by atoms with van der Waals surface area (Å²) in [5.74, 6) is -1.10. The number of benzene rings is 1. The van der Waals surface area contributed by atoms with Crippen LogP contribution in [0.25, 0.3) is 0 Å². The average molecular weight is 422 g/mol. The highest BCUT2D eigenvalue weighted by atomic mass is 35.5. The van der Waals surface area contributed by atoms with Crippen LogP contribution in [0.1, 0.15) is 44.4 Å². The number of carbonyl (C=O) groups is 1. The summed E-state index contributed by atoms with van der Waals surface area (Å²) in [5.41, 5.74) is 0.565. The molecule has 4 nitrogen and oxygen atoms in total. The van der Waals surface area contributed by atoms with E-state index in [2.05, 4.69) is 36.4 Å². The lowest BCUT2D eigenvalue weighted by atomic mass is 9.65. The summed E-state index contributed by atoms with van der Waals surface area (Å²) in [6.07, 6.45) is 2.27. The molecule has 3 heterocycles. The summed E-state index contributed by atoms with van der Waals surface area (Å²) < 4.78 is 15.0. The summed E-state index contributed by atoms with van der Waals surface area (Å²) >= 11 is 12.2. The van der Waals surface area contributed by atoms with Crippen molar-refractivity contribution in [3.63, 3.8) is 0 Å². The van der Waals surface area contributed by atoms with Crippen molar-refractivity contribution >= 4 is 34.8 Å². The molecule has 1 aromatic carbocycles. The fourth-order valence-electron chi connectivity index (χ4n) is 4.66. The molecule has 28 heavy (non-hydrogen) atoms. The summed E-state index contributed by atoms with van der Waals surface area (Å²) in [4.78, 5) is 18.0. The predicted octanol–water partition coefficient (Wildman–Crippen LogP) is 4.91. The number of rotatable bonds is 2. The zero-order valence-electron chi connectivity index (χ0n) is 15.9. The minimum Gasteiger partial charge on any atom is -0.324 e. The van der Waals surface area contributed by atoms with Gasteiger partial charge in [-0.15, -0.1) is 0 Å². The van der Waals surface area contributed by atoms with E-state index >= 15 is 0 Å². The molecule has 0 radical (unpaired) electrons. The molecule has 4 rings (SSSR count). The van der Waals surface area contributed by atoms with Gasteiger partial charge in [-0.1, -0.05) is 56.1 Å². The number of amides is 1. The SMILES string of the molecule is CC(C)(C)CC1NCC(c2cccc(Cl)c2F)[C@]12C(=O)Nc1cc(Cl)cnc12. The summed E-state index contributed by atoms with van der Waals surface area (Å²) in [6, 6.07) is 6.44. The molecule has 2 aromatic rings. The number of nitrogens with zero attached hydrogens (tertiary/aromatic N) is 1. The lowest BCUT2D eigenvalue weighted by Gasteiger charge is -2.36. The van der Waals surface area contributed by atoms with E-state index in [1.807, 2.05) is 0 Å². The smallest absolute Gasteiger partial charge is 0.239 e. The second kappa shape index (κ2) is 6.68. The molecule has 1 amide bonds. The van der Waals surface area contributed by atoms with Crippen LogP contribution in [0.15, 0.2) is 30.5 Å². The Morgan fingerprint density at radius 2 is 2.07 bits per heavy atom. The Bertz CT molecular complexity index is 959. The van der Waals surface area contributed by atoms with Gasteiger partial charge in [-0.2, -0.15) is 0 Å². The highest BCUT2D eigenvalue weighted by Crippen LogP contribution is 2.54. The zero-order valence-corrected chi connectivity index (χ0v) is 17.5. The molecule has 0 saturated carbocycles. The number of anilines is 1. The molecule has 3 atom stereocenters. The number of fused-ring (bicyclic) bond motifs is 2. The van der Waals surface area contributed by atoms with Crippen molar-refractivity contribution in [1.82, 2.24) is 10.3 Å². The number of aromatic nitrogens is 1. The van der Waals surface area contributed by atoms with Gasteiger partial charge in [0.15, 0.2) is 0 Å². The topological polar surface area (TPSA) is 54.0 Å². The average Bonchev–Trinajstić information content (AvgIpc) is 3.09. The van der Waals surface area contributed by atoms with E-state index in [4.69, 9.17) is 23.2 Å². The maximum Gasteiger partial charge on any atom is 0.239 e. The summed E-state index contributed by atoms with van der Waals surface area (Å²) in [6.45, 7) is 6.82. The second-order valence-corrected chi connectivity index (χ2v) is 9.64. The van der Waals surface area contributed by atoms with Crippen molar-refractivity contribution in [2.45, 2.75) is 44.6 Å². The third-order valence-corrected chi connectivity index (χ3v) is 6.21. The minimum absolute atomic E-state index is 0.0398. The standard InChI is InChI=1S/C21H22Cl2FN3O/c1-20(2,3)8-16-21(18-15(27-19(21)28)7-11(22)9-26-18)13(10-25-16)12-5-4-6-14(23)17(12)24/h4-7,9,13,16,25H,8,10H2,1-3H3,(H,27,28)/t13?,16?,21-/m0/s1. The Morgan fingerprint density at radius 3 is 2.79 bits per heavy atom. The molecule has 2 N–H and O–H groups in total. The van der Waals surface area contributed by atoms with Gasteiger partial charge in [-0.3, -0.25) is 9.78 Å². The van der Waals surface area contributed by atoms with Crippen molar-refractivity contribution in [2.75, 3.05) is 11.9 Å². The quantitative estimate of drug-likeness (QED) is 0.723. The number of hydrogen-bond donors (Lipinski definition) is 2. The molecule has 2 aliphatic rings. The third kappa shape index (κ3) is 2.92. The van der Waals surface area contributed by atoms with Crippen LogP contribution in [-0.4, -0.2) is 23.5 Å². The third-order valence-electron chi connectivity index (χ3n) is 5.71. The largest absolute Gasteiger partial charge is 0.324 e. The van der Waals surface area contributed by atoms with Gasteiger partial charge in [0.2, 0.25) is 5.91 Å². The molecule has 2 unspecified atom stereocenters. The highest BCUT2D eigenvalue weighted by Gasteiger charge is 2.62. The van der Waals surface area contributed by atoms with Gasteiger partial charge in [0.1, 0.15) is 11.2 Å². The van der Waals surface area contributed by atoms with Crippen LogP contribution in [-0.2, 0) is 10.2 Å². The maximum absolute atomic E-state index is 15.0. The van der Waals surface area contributed by atoms with E-state index in [1.165, 1.54) is 6.07 Å². The van der Waals surface area contributed by atoms with Crippen LogP contribution < -0.4 is 10.6 Å². The first-order valence-electron chi connectivity index (χ1n) is 9.29. The first-order chi connectivity index (χ1) is 13.1. The van der Waals surface area contributed by atoms with E-state index < -0.39 is 17.2 Å². The maximum atomic E-state index is 15.0. The van der Waals surface area contributed by atoms with Crippen LogP contribution in [0, 0.1) is 11.2 Å². The monoisotopic (exact) mass is 421 g/mol. The Hall–Kier alpha value is -1.69. The molecule has 2 aliphatic heterocycles. The van der Waals surface area contributed by atoms with Crippen LogP contribution in [0.3, 0.4) is 0 Å². The van der Waals surface area contributed by atoms with Crippen LogP contribution in [0.5, 0.6) is 0 Å². The lowest BCUT2D eigenvalue weighted by molar-refractivity contribution is -0.122. The molecule has 148 valence electrons. The van der Waals surface area contributed by atoms with Gasteiger partial charge in [-0.05, 0) is 29.5 Å². The Kier molecular flexibility index (Phi) is 4.68. The normalized spacial score (nSPS) is 26.6. The second-order valence-electron chi connectivity index (χ2n) is 8.79. The summed E-state index contributed by atoms with van der Waals surface area (Å²) in [7, 11) is 0. The minimum atomic E-state index is -1.03. The molecule has 1 spiro atoms. The van der Waals surface area contributed by atoms with Crippen molar-refractivity contribution in [3.05, 3.63) is 57.6 Å². The fourth-order valence-corrected chi connectivity index (χ4v) is 5.00. The lowest BCUT2D eigenvalue weighted by Crippen LogP contribution is -2.50. The zero-order chi connectivity index (χ0) is 20.3. The Morgan fingerprint density at radius 1 is 1.32 bits per heavy atom. The number of pyridine rings is 1. The molecule has 1 fully saturated rings. The van der Waals surface area contributed by atoms with Gasteiger partial charge in [0.05, 0.1) is 21.4 Å². The fraction of sp³-hybridized carbons (Fsp3) is 0.429. The van der Waals surface area contributed by atoms with Gasteiger partial charge in [-0.25, -0.2) is 4.39 Å². The number of hydrogen-bond acceptors (Lipinski definition) is 3. The van der Waals surface area contributed by atoms with Crippen molar-refractivity contribution in [1.29, 1.82) is 0 Å². The first-order valence-corrected chi connectivity index (χ1v) is 10.0. The van der Waals surface area contributed by atoms with Gasteiger partial charge >= 0.3 is 0 Å². The van der Waals surface area contributed by atoms with E-state index in [1.54, 1.807) is 24.4 Å². The number of carbonyl (C=O) groups excluding carboxylic acids is 1. The number of halogens is 3. The molecule has 0 aliphatic carbocycles. The van der Waals surface area contributed by atoms with Crippen LogP contribution in [0.4, 0.5) is 10.1 Å². The molecule has 1 saturated heterocycles. The highest BCUT2D eigenvalue weighted by molar-refractivity contribution is 6.31. The van der Waals surface area contributed by atoms with E-state index in [-0.39, 0.29) is 22.4 Å². The molecule has 1 aromatic heterocycles. The van der Waals surface area contributed by atoms with Gasteiger partial charge in [0, 0.05) is 24.7 Å². The van der Waals surface area contributed by atoms with E-state index in [9.17, 15) is 9.18 Å². The van der Waals surface area contributed by atoms with Crippen molar-refractivity contribution in [2.24, 2.45) is 5.41 Å². The van der Waals surface area contributed by atoms with Gasteiger partial charge in [0.25, 0.3) is 0 Å². The molecule has 0 bridgehead atoms. The predicted molar refractivity (Wildman–Crippen MR) is 110 cm³/mol. The van der Waals surface area contributed by atoms with Gasteiger partial charge < -0.3 is 10.6 Å². The number of nitrogens with one attached hydrogen (secondary N) is 2.